The van der Waals surface area contributed by atoms with Gasteiger partial charge in [-0.2, -0.15) is 5.26 Å². The number of amides is 1. The second kappa shape index (κ2) is 8.07. The number of nitrogens with one attached hydrogen (secondary N) is 2. The van der Waals surface area contributed by atoms with E-state index in [1.54, 1.807) is 11.3 Å². The first-order chi connectivity index (χ1) is 13.6. The number of hydrogen-bond donors (Lipinski definition) is 2. The normalized spacial score (nSPS) is 16.0. The molecule has 0 saturated heterocycles. The molecular formula is C19H18N4O2S3. The number of rotatable bonds is 5. The van der Waals surface area contributed by atoms with Gasteiger partial charge in [-0.25, -0.2) is 4.98 Å². The molecule has 3 aromatic rings. The van der Waals surface area contributed by atoms with Crippen LogP contribution >= 0.6 is 34.4 Å². The standard InChI is InChI=1S/C19H18N4O2S3/c20-11-19(6-2-1-3-7-19)23-14(24)10-28-18-21-16(25)15-12(9-27-17(15)22-18)13-5-4-8-26-13/h4-5,8-9H,1-3,6-7,10H2,(H,23,24)(H,21,22,25). The third-order valence-electron chi connectivity index (χ3n) is 4.85. The van der Waals surface area contributed by atoms with Crippen molar-refractivity contribution in [2.45, 2.75) is 42.8 Å². The fourth-order valence-corrected chi connectivity index (χ4v) is 5.95. The first-order valence-electron chi connectivity index (χ1n) is 9.01. The SMILES string of the molecule is N#CC1(NC(=O)CSc2nc3scc(-c4cccs4)c3c(=O)[nH]2)CCCCC1. The molecule has 28 heavy (non-hydrogen) atoms. The molecule has 144 valence electrons. The summed E-state index contributed by atoms with van der Waals surface area (Å²) < 4.78 is 0. The highest BCUT2D eigenvalue weighted by molar-refractivity contribution is 7.99. The van der Waals surface area contributed by atoms with E-state index in [1.807, 2.05) is 22.9 Å². The zero-order valence-electron chi connectivity index (χ0n) is 15.0. The fourth-order valence-electron chi connectivity index (χ4n) is 3.47. The highest BCUT2D eigenvalue weighted by atomic mass is 32.2. The summed E-state index contributed by atoms with van der Waals surface area (Å²) in [6.45, 7) is 0. The van der Waals surface area contributed by atoms with Crippen molar-refractivity contribution < 1.29 is 4.79 Å². The Kier molecular flexibility index (Phi) is 5.53. The van der Waals surface area contributed by atoms with Crippen LogP contribution in [-0.2, 0) is 4.79 Å². The minimum atomic E-state index is -0.746. The number of nitriles is 1. The number of hydrogen-bond acceptors (Lipinski definition) is 7. The van der Waals surface area contributed by atoms with Crippen LogP contribution in [0.3, 0.4) is 0 Å². The molecule has 0 unspecified atom stereocenters. The van der Waals surface area contributed by atoms with Gasteiger partial charge in [-0.1, -0.05) is 37.1 Å². The second-order valence-corrected chi connectivity index (χ2v) is 9.54. The lowest BCUT2D eigenvalue weighted by molar-refractivity contribution is -0.120. The second-order valence-electron chi connectivity index (χ2n) is 6.77. The van der Waals surface area contributed by atoms with Gasteiger partial charge < -0.3 is 10.3 Å². The van der Waals surface area contributed by atoms with Crippen molar-refractivity contribution in [1.82, 2.24) is 15.3 Å². The smallest absolute Gasteiger partial charge is 0.260 e. The highest BCUT2D eigenvalue weighted by Crippen LogP contribution is 2.34. The Balaban J connectivity index is 1.48. The van der Waals surface area contributed by atoms with E-state index in [9.17, 15) is 14.9 Å². The lowest BCUT2D eigenvalue weighted by Crippen LogP contribution is -2.49. The number of aromatic amines is 1. The number of thiophene rings is 2. The van der Waals surface area contributed by atoms with Gasteiger partial charge in [0.1, 0.15) is 10.4 Å². The summed E-state index contributed by atoms with van der Waals surface area (Å²) in [4.78, 5) is 33.9. The summed E-state index contributed by atoms with van der Waals surface area (Å²) in [6.07, 6.45) is 4.41. The molecule has 6 nitrogen and oxygen atoms in total. The topological polar surface area (TPSA) is 98.6 Å². The monoisotopic (exact) mass is 430 g/mol. The Morgan fingerprint density at radius 2 is 2.18 bits per heavy atom. The van der Waals surface area contributed by atoms with Crippen LogP contribution < -0.4 is 10.9 Å². The third-order valence-corrected chi connectivity index (χ3v) is 7.50. The molecule has 0 radical (unpaired) electrons. The van der Waals surface area contributed by atoms with E-state index in [-0.39, 0.29) is 17.2 Å². The average Bonchev–Trinajstić information content (AvgIpc) is 3.37. The molecule has 4 rings (SSSR count). The van der Waals surface area contributed by atoms with Gasteiger partial charge in [0, 0.05) is 15.8 Å². The molecule has 0 atom stereocenters. The first-order valence-corrected chi connectivity index (χ1v) is 11.8. The summed E-state index contributed by atoms with van der Waals surface area (Å²) in [5, 5.41) is 17.3. The van der Waals surface area contributed by atoms with E-state index in [4.69, 9.17) is 0 Å². The summed E-state index contributed by atoms with van der Waals surface area (Å²) in [7, 11) is 0. The van der Waals surface area contributed by atoms with Crippen molar-refractivity contribution in [2.75, 3.05) is 5.75 Å². The molecule has 0 aromatic carbocycles. The third kappa shape index (κ3) is 3.85. The maximum atomic E-state index is 12.6. The summed E-state index contributed by atoms with van der Waals surface area (Å²) in [5.74, 6) is -0.0947. The molecule has 3 heterocycles. The zero-order chi connectivity index (χ0) is 19.6. The van der Waals surface area contributed by atoms with E-state index >= 15 is 0 Å². The molecule has 0 aliphatic heterocycles. The molecule has 2 N–H and O–H groups in total. The van der Waals surface area contributed by atoms with Crippen molar-refractivity contribution in [2.24, 2.45) is 0 Å². The molecule has 1 aliphatic carbocycles. The van der Waals surface area contributed by atoms with Gasteiger partial charge in [-0.15, -0.1) is 22.7 Å². The van der Waals surface area contributed by atoms with Crippen molar-refractivity contribution in [3.63, 3.8) is 0 Å². The molecule has 9 heteroatoms. The van der Waals surface area contributed by atoms with Crippen LogP contribution in [0.1, 0.15) is 32.1 Å². The quantitative estimate of drug-likeness (QED) is 0.468. The zero-order valence-corrected chi connectivity index (χ0v) is 17.4. The number of carbonyl (C=O) groups is 1. The fraction of sp³-hybridized carbons (Fsp3) is 0.368. The predicted octanol–water partition coefficient (Wildman–Crippen LogP) is 4.15. The van der Waals surface area contributed by atoms with Crippen LogP contribution in [0.5, 0.6) is 0 Å². The van der Waals surface area contributed by atoms with Gasteiger partial charge in [-0.05, 0) is 24.3 Å². The van der Waals surface area contributed by atoms with Gasteiger partial charge in [0.15, 0.2) is 5.16 Å². The largest absolute Gasteiger partial charge is 0.337 e. The van der Waals surface area contributed by atoms with Crippen molar-refractivity contribution in [3.05, 3.63) is 33.2 Å². The van der Waals surface area contributed by atoms with Crippen molar-refractivity contribution in [3.8, 4) is 16.5 Å². The van der Waals surface area contributed by atoms with E-state index < -0.39 is 5.54 Å². The predicted molar refractivity (Wildman–Crippen MR) is 114 cm³/mol. The van der Waals surface area contributed by atoms with Crippen molar-refractivity contribution >= 4 is 50.6 Å². The number of fused-ring (bicyclic) bond motifs is 1. The van der Waals surface area contributed by atoms with E-state index in [0.717, 1.165) is 29.7 Å². The highest BCUT2D eigenvalue weighted by Gasteiger charge is 2.33. The maximum Gasteiger partial charge on any atom is 0.260 e. The molecule has 1 fully saturated rings. The number of nitrogens with zero attached hydrogens (tertiary/aromatic N) is 2. The molecule has 1 aliphatic rings. The Hall–Kier alpha value is -2.15. The van der Waals surface area contributed by atoms with Gasteiger partial charge in [0.05, 0.1) is 17.2 Å². The van der Waals surface area contributed by atoms with E-state index in [2.05, 4.69) is 21.4 Å². The number of aromatic nitrogens is 2. The number of thioether (sulfide) groups is 1. The number of H-pyrrole nitrogens is 1. The molecule has 0 bridgehead atoms. The lowest BCUT2D eigenvalue weighted by Gasteiger charge is -2.31. The first kappa shape index (κ1) is 19.2. The van der Waals surface area contributed by atoms with E-state index in [0.29, 0.717) is 28.2 Å². The van der Waals surface area contributed by atoms with Gasteiger partial charge in [0.25, 0.3) is 5.56 Å². The van der Waals surface area contributed by atoms with Crippen LogP contribution in [-0.4, -0.2) is 27.2 Å². The molecule has 1 amide bonds. The Labute approximate surface area is 174 Å². The van der Waals surface area contributed by atoms with Crippen LogP contribution in [0.4, 0.5) is 0 Å². The van der Waals surface area contributed by atoms with Crippen LogP contribution in [0, 0.1) is 11.3 Å². The van der Waals surface area contributed by atoms with Gasteiger partial charge in [-0.3, -0.25) is 9.59 Å². The van der Waals surface area contributed by atoms with Gasteiger partial charge >= 0.3 is 0 Å². The molecular weight excluding hydrogens is 412 g/mol. The maximum absolute atomic E-state index is 12.6. The summed E-state index contributed by atoms with van der Waals surface area (Å²) >= 11 is 4.19. The van der Waals surface area contributed by atoms with Crippen LogP contribution in [0.25, 0.3) is 20.7 Å². The minimum Gasteiger partial charge on any atom is -0.337 e. The van der Waals surface area contributed by atoms with Crippen molar-refractivity contribution in [1.29, 1.82) is 5.26 Å². The summed E-state index contributed by atoms with van der Waals surface area (Å²) in [6, 6.07) is 6.22. The minimum absolute atomic E-state index is 0.112. The Morgan fingerprint density at radius 1 is 1.36 bits per heavy atom. The van der Waals surface area contributed by atoms with Gasteiger partial charge in [0.2, 0.25) is 5.91 Å². The Morgan fingerprint density at radius 3 is 2.89 bits per heavy atom. The summed E-state index contributed by atoms with van der Waals surface area (Å²) in [5.41, 5.74) is -0.0472. The average molecular weight is 431 g/mol. The van der Waals surface area contributed by atoms with Crippen LogP contribution in [0.2, 0.25) is 0 Å². The molecule has 0 spiro atoms. The molecule has 1 saturated carbocycles. The van der Waals surface area contributed by atoms with Crippen LogP contribution in [0.15, 0.2) is 32.8 Å². The Bertz CT molecular complexity index is 1090. The molecule has 3 aromatic heterocycles. The van der Waals surface area contributed by atoms with E-state index in [1.165, 1.54) is 23.1 Å². The number of carbonyl (C=O) groups excluding carboxylic acids is 1. The lowest BCUT2D eigenvalue weighted by atomic mass is 9.83.